The van der Waals surface area contributed by atoms with E-state index in [1.807, 2.05) is 36.0 Å². The van der Waals surface area contributed by atoms with Crippen LogP contribution in [0.3, 0.4) is 0 Å². The number of rotatable bonds is 1. The molecule has 0 atom stereocenters. The number of hydrogen-bond donors (Lipinski definition) is 1. The molecule has 4 nitrogen and oxygen atoms in total. The Labute approximate surface area is 86.5 Å². The van der Waals surface area contributed by atoms with Crippen LogP contribution in [0.15, 0.2) is 36.5 Å². The zero-order valence-corrected chi connectivity index (χ0v) is 8.31. The average Bonchev–Trinajstić information content (AvgIpc) is 2.83. The number of aryl methyl sites for hydroxylation is 1. The standard InChI is InChI=1S/C11H10N4/c1-15-10(6-7-12-15)11-8-4-2-3-5-9(8)13-14-11/h2-7H,1H3,(H,13,14). The summed E-state index contributed by atoms with van der Waals surface area (Å²) >= 11 is 0. The second kappa shape index (κ2) is 2.95. The number of aromatic amines is 1. The molecule has 2 heterocycles. The van der Waals surface area contributed by atoms with Crippen molar-refractivity contribution in [2.45, 2.75) is 0 Å². The molecule has 0 saturated carbocycles. The predicted molar refractivity (Wildman–Crippen MR) is 58.3 cm³/mol. The smallest absolute Gasteiger partial charge is 0.118 e. The zero-order valence-electron chi connectivity index (χ0n) is 8.31. The average molecular weight is 198 g/mol. The van der Waals surface area contributed by atoms with Crippen molar-refractivity contribution in [1.82, 2.24) is 20.0 Å². The van der Waals surface area contributed by atoms with Gasteiger partial charge >= 0.3 is 0 Å². The topological polar surface area (TPSA) is 46.5 Å². The lowest BCUT2D eigenvalue weighted by Crippen LogP contribution is -1.93. The van der Waals surface area contributed by atoms with Gasteiger partial charge in [0.05, 0.1) is 11.2 Å². The van der Waals surface area contributed by atoms with Crippen LogP contribution in [0.4, 0.5) is 0 Å². The van der Waals surface area contributed by atoms with Gasteiger partial charge in [-0.2, -0.15) is 10.2 Å². The molecule has 0 unspecified atom stereocenters. The zero-order chi connectivity index (χ0) is 10.3. The number of aromatic nitrogens is 4. The van der Waals surface area contributed by atoms with Crippen molar-refractivity contribution in [3.63, 3.8) is 0 Å². The van der Waals surface area contributed by atoms with E-state index in [-0.39, 0.29) is 0 Å². The number of H-pyrrole nitrogens is 1. The Kier molecular flexibility index (Phi) is 1.62. The van der Waals surface area contributed by atoms with Crippen molar-refractivity contribution in [3.05, 3.63) is 36.5 Å². The van der Waals surface area contributed by atoms with E-state index in [0.717, 1.165) is 22.3 Å². The molecule has 1 N–H and O–H groups in total. The van der Waals surface area contributed by atoms with Gasteiger partial charge in [0, 0.05) is 18.6 Å². The lowest BCUT2D eigenvalue weighted by molar-refractivity contribution is 0.773. The van der Waals surface area contributed by atoms with Crippen molar-refractivity contribution in [2.24, 2.45) is 7.05 Å². The molecule has 3 rings (SSSR count). The van der Waals surface area contributed by atoms with Crippen LogP contribution < -0.4 is 0 Å². The second-order valence-corrected chi connectivity index (χ2v) is 3.46. The number of benzene rings is 1. The fraction of sp³-hybridized carbons (Fsp3) is 0.0909. The molecule has 0 spiro atoms. The first kappa shape index (κ1) is 8.23. The monoisotopic (exact) mass is 198 g/mol. The number of nitrogens with one attached hydrogen (secondary N) is 1. The molecule has 4 heteroatoms. The molecule has 0 radical (unpaired) electrons. The van der Waals surface area contributed by atoms with Crippen molar-refractivity contribution in [3.8, 4) is 11.4 Å². The molecule has 3 aromatic rings. The molecule has 0 aliphatic rings. The van der Waals surface area contributed by atoms with Crippen LogP contribution in [-0.2, 0) is 7.05 Å². The van der Waals surface area contributed by atoms with Crippen LogP contribution in [0.25, 0.3) is 22.3 Å². The summed E-state index contributed by atoms with van der Waals surface area (Å²) in [5.74, 6) is 0. The van der Waals surface area contributed by atoms with Crippen molar-refractivity contribution in [1.29, 1.82) is 0 Å². The molecular formula is C11H10N4. The minimum Gasteiger partial charge on any atom is -0.277 e. The minimum absolute atomic E-state index is 0.950. The number of hydrogen-bond acceptors (Lipinski definition) is 2. The highest BCUT2D eigenvalue weighted by atomic mass is 15.3. The van der Waals surface area contributed by atoms with E-state index in [1.54, 1.807) is 6.20 Å². The van der Waals surface area contributed by atoms with Crippen LogP contribution in [0.5, 0.6) is 0 Å². The summed E-state index contributed by atoms with van der Waals surface area (Å²) in [6.45, 7) is 0. The van der Waals surface area contributed by atoms with Crippen LogP contribution in [0, 0.1) is 0 Å². The molecular weight excluding hydrogens is 188 g/mol. The van der Waals surface area contributed by atoms with Gasteiger partial charge in [-0.3, -0.25) is 9.78 Å². The van der Waals surface area contributed by atoms with Gasteiger partial charge in [-0.05, 0) is 12.1 Å². The van der Waals surface area contributed by atoms with E-state index in [0.29, 0.717) is 0 Å². The Hall–Kier alpha value is -2.10. The van der Waals surface area contributed by atoms with Gasteiger partial charge in [-0.1, -0.05) is 18.2 Å². The van der Waals surface area contributed by atoms with Gasteiger partial charge in [-0.25, -0.2) is 0 Å². The Bertz CT molecular complexity index is 606. The van der Waals surface area contributed by atoms with E-state index in [1.165, 1.54) is 0 Å². The maximum Gasteiger partial charge on any atom is 0.118 e. The Balaban J connectivity index is 2.32. The fourth-order valence-electron chi connectivity index (χ4n) is 1.76. The molecule has 0 aliphatic heterocycles. The lowest BCUT2D eigenvalue weighted by Gasteiger charge is -1.97. The third kappa shape index (κ3) is 1.15. The summed E-state index contributed by atoms with van der Waals surface area (Å²) in [5, 5.41) is 12.6. The van der Waals surface area contributed by atoms with E-state index >= 15 is 0 Å². The number of nitrogens with zero attached hydrogens (tertiary/aromatic N) is 3. The van der Waals surface area contributed by atoms with Crippen LogP contribution in [0.2, 0.25) is 0 Å². The van der Waals surface area contributed by atoms with E-state index in [2.05, 4.69) is 21.4 Å². The van der Waals surface area contributed by atoms with Crippen molar-refractivity contribution in [2.75, 3.05) is 0 Å². The Morgan fingerprint density at radius 1 is 1.20 bits per heavy atom. The third-order valence-electron chi connectivity index (χ3n) is 2.53. The van der Waals surface area contributed by atoms with Gasteiger partial charge in [0.1, 0.15) is 5.69 Å². The molecule has 0 aliphatic carbocycles. The highest BCUT2D eigenvalue weighted by Gasteiger charge is 2.09. The van der Waals surface area contributed by atoms with Gasteiger partial charge in [0.25, 0.3) is 0 Å². The first-order chi connectivity index (χ1) is 7.36. The summed E-state index contributed by atoms with van der Waals surface area (Å²) < 4.78 is 1.82. The van der Waals surface area contributed by atoms with E-state index in [9.17, 15) is 0 Å². The summed E-state index contributed by atoms with van der Waals surface area (Å²) in [5.41, 5.74) is 3.02. The van der Waals surface area contributed by atoms with Gasteiger partial charge in [0.2, 0.25) is 0 Å². The molecule has 74 valence electrons. The first-order valence-corrected chi connectivity index (χ1v) is 4.78. The number of para-hydroxylation sites is 1. The summed E-state index contributed by atoms with van der Waals surface area (Å²) in [4.78, 5) is 0. The van der Waals surface area contributed by atoms with E-state index in [4.69, 9.17) is 0 Å². The van der Waals surface area contributed by atoms with E-state index < -0.39 is 0 Å². The highest BCUT2D eigenvalue weighted by Crippen LogP contribution is 2.24. The molecule has 0 fully saturated rings. The largest absolute Gasteiger partial charge is 0.277 e. The number of fused-ring (bicyclic) bond motifs is 1. The quantitative estimate of drug-likeness (QED) is 0.649. The molecule has 0 saturated heterocycles. The van der Waals surface area contributed by atoms with Crippen molar-refractivity contribution >= 4 is 10.9 Å². The first-order valence-electron chi connectivity index (χ1n) is 4.78. The fourth-order valence-corrected chi connectivity index (χ4v) is 1.76. The molecule has 0 amide bonds. The molecule has 0 bridgehead atoms. The third-order valence-corrected chi connectivity index (χ3v) is 2.53. The second-order valence-electron chi connectivity index (χ2n) is 3.46. The highest BCUT2D eigenvalue weighted by molar-refractivity contribution is 5.91. The maximum atomic E-state index is 4.31. The van der Waals surface area contributed by atoms with Gasteiger partial charge < -0.3 is 0 Å². The SMILES string of the molecule is Cn1nccc1-c1n[nH]c2ccccc12. The molecule has 15 heavy (non-hydrogen) atoms. The lowest BCUT2D eigenvalue weighted by atomic mass is 10.2. The molecule has 2 aromatic heterocycles. The normalized spacial score (nSPS) is 11.0. The summed E-state index contributed by atoms with van der Waals surface area (Å²) in [7, 11) is 1.92. The Morgan fingerprint density at radius 2 is 2.07 bits per heavy atom. The van der Waals surface area contributed by atoms with Crippen LogP contribution >= 0.6 is 0 Å². The summed E-state index contributed by atoms with van der Waals surface area (Å²) in [6.07, 6.45) is 1.78. The Morgan fingerprint density at radius 3 is 2.87 bits per heavy atom. The van der Waals surface area contributed by atoms with Gasteiger partial charge in [-0.15, -0.1) is 0 Å². The maximum absolute atomic E-state index is 4.31. The van der Waals surface area contributed by atoms with Crippen molar-refractivity contribution < 1.29 is 0 Å². The van der Waals surface area contributed by atoms with Gasteiger partial charge in [0.15, 0.2) is 0 Å². The van der Waals surface area contributed by atoms with Crippen LogP contribution in [-0.4, -0.2) is 20.0 Å². The molecule has 1 aromatic carbocycles. The predicted octanol–water partition coefficient (Wildman–Crippen LogP) is 1.96. The summed E-state index contributed by atoms with van der Waals surface area (Å²) in [6, 6.07) is 10.0. The van der Waals surface area contributed by atoms with Crippen LogP contribution in [0.1, 0.15) is 0 Å². The minimum atomic E-state index is 0.950.